The van der Waals surface area contributed by atoms with Crippen LogP contribution >= 0.6 is 0 Å². The van der Waals surface area contributed by atoms with E-state index in [0.717, 1.165) is 34.4 Å². The first-order valence-corrected chi connectivity index (χ1v) is 8.26. The molecule has 0 radical (unpaired) electrons. The molecule has 0 saturated heterocycles. The molecule has 0 aliphatic rings. The number of nitrogens with zero attached hydrogens (tertiary/aromatic N) is 2. The van der Waals surface area contributed by atoms with Crippen molar-refractivity contribution in [2.75, 3.05) is 0 Å². The minimum Gasteiger partial charge on any atom is -0.233 e. The van der Waals surface area contributed by atoms with E-state index in [-0.39, 0.29) is 0 Å². The van der Waals surface area contributed by atoms with Crippen LogP contribution in [0.4, 0.5) is 0 Å². The van der Waals surface area contributed by atoms with Crippen LogP contribution in [0, 0.1) is 0 Å². The van der Waals surface area contributed by atoms with Crippen molar-refractivity contribution in [1.82, 2.24) is 9.97 Å². The van der Waals surface area contributed by atoms with Gasteiger partial charge in [0.2, 0.25) is 0 Å². The molecule has 0 aliphatic carbocycles. The molecule has 0 saturated carbocycles. The number of hydrogen-bond donors (Lipinski definition) is 0. The van der Waals surface area contributed by atoms with E-state index in [2.05, 4.69) is 72.6 Å². The fraction of sp³-hybridized carbons (Fsp3) is 0.0909. The van der Waals surface area contributed by atoms with Crippen molar-refractivity contribution in [2.24, 2.45) is 0 Å². The van der Waals surface area contributed by atoms with Gasteiger partial charge in [-0.05, 0) is 17.2 Å². The molecule has 0 spiro atoms. The first-order chi connectivity index (χ1) is 11.8. The Hall–Kier alpha value is -3.00. The quantitative estimate of drug-likeness (QED) is 0.497. The summed E-state index contributed by atoms with van der Waals surface area (Å²) in [7, 11) is 0. The second kappa shape index (κ2) is 6.25. The molecule has 0 atom stereocenters. The summed E-state index contributed by atoms with van der Waals surface area (Å²) in [6.07, 6.45) is 0.833. The molecule has 24 heavy (non-hydrogen) atoms. The Balaban J connectivity index is 1.83. The lowest BCUT2D eigenvalue weighted by Crippen LogP contribution is -1.97. The first kappa shape index (κ1) is 14.6. The number of para-hydroxylation sites is 1. The molecule has 0 fully saturated rings. The van der Waals surface area contributed by atoms with E-state index in [0.29, 0.717) is 0 Å². The molecule has 2 nitrogen and oxygen atoms in total. The Morgan fingerprint density at radius 2 is 1.25 bits per heavy atom. The number of aromatic nitrogens is 2. The van der Waals surface area contributed by atoms with E-state index in [4.69, 9.17) is 4.98 Å². The molecule has 4 aromatic rings. The largest absolute Gasteiger partial charge is 0.233 e. The monoisotopic (exact) mass is 310 g/mol. The molecule has 3 aromatic carbocycles. The van der Waals surface area contributed by atoms with Gasteiger partial charge in [-0.3, -0.25) is 0 Å². The summed E-state index contributed by atoms with van der Waals surface area (Å²) in [5.74, 6) is 0.885. The Morgan fingerprint density at radius 3 is 2.00 bits per heavy atom. The Morgan fingerprint density at radius 1 is 0.625 bits per heavy atom. The molecule has 0 bridgehead atoms. The predicted molar refractivity (Wildman–Crippen MR) is 99.8 cm³/mol. The molecule has 0 N–H and O–H groups in total. The van der Waals surface area contributed by atoms with Crippen LogP contribution in [0.3, 0.4) is 0 Å². The second-order valence-electron chi connectivity index (χ2n) is 5.80. The molecule has 0 unspecified atom stereocenters. The summed E-state index contributed by atoms with van der Waals surface area (Å²) in [6.45, 7) is 2.09. The van der Waals surface area contributed by atoms with Crippen molar-refractivity contribution in [2.45, 2.75) is 13.3 Å². The van der Waals surface area contributed by atoms with Crippen molar-refractivity contribution in [1.29, 1.82) is 0 Å². The lowest BCUT2D eigenvalue weighted by Gasteiger charge is -2.09. The van der Waals surface area contributed by atoms with E-state index >= 15 is 0 Å². The Labute approximate surface area is 141 Å². The highest BCUT2D eigenvalue weighted by atomic mass is 14.9. The molecule has 0 aliphatic heterocycles. The second-order valence-corrected chi connectivity index (χ2v) is 5.80. The van der Waals surface area contributed by atoms with Gasteiger partial charge in [0.15, 0.2) is 0 Å². The average molecular weight is 310 g/mol. The molecule has 1 aromatic heterocycles. The Bertz CT molecular complexity index is 974. The minimum absolute atomic E-state index is 0.833. The fourth-order valence-electron chi connectivity index (χ4n) is 2.95. The highest BCUT2D eigenvalue weighted by Gasteiger charge is 2.09. The SMILES string of the molecule is CCc1nc(-c2ccc(-c3ccccc3)cc2)c2ccccc2n1. The van der Waals surface area contributed by atoms with Gasteiger partial charge in [0, 0.05) is 17.4 Å². The van der Waals surface area contributed by atoms with Crippen LogP contribution in [-0.2, 0) is 6.42 Å². The van der Waals surface area contributed by atoms with Gasteiger partial charge in [0.1, 0.15) is 5.82 Å². The van der Waals surface area contributed by atoms with Crippen LogP contribution in [0.2, 0.25) is 0 Å². The lowest BCUT2D eigenvalue weighted by atomic mass is 10.0. The summed E-state index contributed by atoms with van der Waals surface area (Å²) in [6, 6.07) is 27.3. The van der Waals surface area contributed by atoms with Gasteiger partial charge < -0.3 is 0 Å². The topological polar surface area (TPSA) is 25.8 Å². The van der Waals surface area contributed by atoms with Gasteiger partial charge in [0.25, 0.3) is 0 Å². The van der Waals surface area contributed by atoms with Gasteiger partial charge >= 0.3 is 0 Å². The van der Waals surface area contributed by atoms with Crippen molar-refractivity contribution in [3.63, 3.8) is 0 Å². The molecule has 2 heteroatoms. The van der Waals surface area contributed by atoms with Crippen LogP contribution in [0.25, 0.3) is 33.3 Å². The maximum absolute atomic E-state index is 4.78. The Kier molecular flexibility index (Phi) is 3.80. The molecule has 4 rings (SSSR count). The zero-order chi connectivity index (χ0) is 16.4. The highest BCUT2D eigenvalue weighted by Crippen LogP contribution is 2.28. The van der Waals surface area contributed by atoms with Gasteiger partial charge in [-0.2, -0.15) is 0 Å². The fourth-order valence-corrected chi connectivity index (χ4v) is 2.95. The van der Waals surface area contributed by atoms with Crippen LogP contribution in [-0.4, -0.2) is 9.97 Å². The summed E-state index contributed by atoms with van der Waals surface area (Å²) in [4.78, 5) is 9.41. The third-order valence-corrected chi connectivity index (χ3v) is 4.23. The first-order valence-electron chi connectivity index (χ1n) is 8.26. The van der Waals surface area contributed by atoms with Crippen molar-refractivity contribution >= 4 is 10.9 Å². The molecule has 1 heterocycles. The van der Waals surface area contributed by atoms with Crippen molar-refractivity contribution in [3.8, 4) is 22.4 Å². The van der Waals surface area contributed by atoms with E-state index in [1.165, 1.54) is 11.1 Å². The zero-order valence-corrected chi connectivity index (χ0v) is 13.6. The van der Waals surface area contributed by atoms with Gasteiger partial charge in [-0.1, -0.05) is 79.7 Å². The van der Waals surface area contributed by atoms with Gasteiger partial charge in [0.05, 0.1) is 11.2 Å². The lowest BCUT2D eigenvalue weighted by molar-refractivity contribution is 0.964. The standard InChI is InChI=1S/C22H18N2/c1-2-21-23-20-11-7-6-10-19(20)22(24-21)18-14-12-17(13-15-18)16-8-4-3-5-9-16/h3-15H,2H2,1H3. The van der Waals surface area contributed by atoms with Gasteiger partial charge in [-0.25, -0.2) is 9.97 Å². The highest BCUT2D eigenvalue weighted by molar-refractivity contribution is 5.92. The summed E-state index contributed by atoms with van der Waals surface area (Å²) in [5.41, 5.74) is 5.59. The summed E-state index contributed by atoms with van der Waals surface area (Å²) in [5, 5.41) is 1.10. The molecule has 0 amide bonds. The van der Waals surface area contributed by atoms with Crippen LogP contribution in [0.1, 0.15) is 12.7 Å². The summed E-state index contributed by atoms with van der Waals surface area (Å²) >= 11 is 0. The maximum atomic E-state index is 4.78. The van der Waals surface area contributed by atoms with Crippen LogP contribution in [0.5, 0.6) is 0 Å². The zero-order valence-electron chi connectivity index (χ0n) is 13.6. The molecule has 116 valence electrons. The van der Waals surface area contributed by atoms with E-state index in [1.54, 1.807) is 0 Å². The number of hydrogen-bond acceptors (Lipinski definition) is 2. The normalized spacial score (nSPS) is 10.9. The van der Waals surface area contributed by atoms with Crippen LogP contribution < -0.4 is 0 Å². The third kappa shape index (κ3) is 2.67. The number of rotatable bonds is 3. The third-order valence-electron chi connectivity index (χ3n) is 4.23. The predicted octanol–water partition coefficient (Wildman–Crippen LogP) is 5.53. The van der Waals surface area contributed by atoms with Crippen molar-refractivity contribution < 1.29 is 0 Å². The molecular weight excluding hydrogens is 292 g/mol. The van der Waals surface area contributed by atoms with Gasteiger partial charge in [-0.15, -0.1) is 0 Å². The summed E-state index contributed by atoms with van der Waals surface area (Å²) < 4.78 is 0. The number of fused-ring (bicyclic) bond motifs is 1. The maximum Gasteiger partial charge on any atom is 0.129 e. The van der Waals surface area contributed by atoms with E-state index in [9.17, 15) is 0 Å². The van der Waals surface area contributed by atoms with Crippen LogP contribution in [0.15, 0.2) is 78.9 Å². The van der Waals surface area contributed by atoms with Crippen molar-refractivity contribution in [3.05, 3.63) is 84.7 Å². The van der Waals surface area contributed by atoms with E-state index < -0.39 is 0 Å². The number of aryl methyl sites for hydroxylation is 1. The minimum atomic E-state index is 0.833. The average Bonchev–Trinajstić information content (AvgIpc) is 2.68. The number of benzene rings is 3. The smallest absolute Gasteiger partial charge is 0.129 e. The molecular formula is C22H18N2. The van der Waals surface area contributed by atoms with E-state index in [1.807, 2.05) is 18.2 Å².